The fraction of sp³-hybridized carbons (Fsp3) is 0.357. The van der Waals surface area contributed by atoms with E-state index in [-0.39, 0.29) is 0 Å². The van der Waals surface area contributed by atoms with Crippen LogP contribution in [0.25, 0.3) is 0 Å². The third kappa shape index (κ3) is 3.35. The molecule has 0 N–H and O–H groups in total. The number of benzene rings is 1. The number of halogens is 1. The Bertz CT molecular complexity index is 491. The number of nitrogens with zero attached hydrogens (tertiary/aromatic N) is 2. The zero-order valence-corrected chi connectivity index (χ0v) is 12.2. The van der Waals surface area contributed by atoms with E-state index in [9.17, 15) is 0 Å². The summed E-state index contributed by atoms with van der Waals surface area (Å²) in [7, 11) is 0. The maximum absolute atomic E-state index is 5.69. The van der Waals surface area contributed by atoms with Crippen LogP contribution in [-0.4, -0.2) is 9.78 Å². The Balaban J connectivity index is 1.93. The summed E-state index contributed by atoms with van der Waals surface area (Å²) in [5.74, 6) is 0.874. The smallest absolute Gasteiger partial charge is 0.132 e. The van der Waals surface area contributed by atoms with Crippen molar-refractivity contribution in [1.82, 2.24) is 9.78 Å². The van der Waals surface area contributed by atoms with Crippen molar-refractivity contribution in [3.63, 3.8) is 0 Å². The second-order valence-corrected chi connectivity index (χ2v) is 5.01. The van der Waals surface area contributed by atoms with Gasteiger partial charge in [-0.3, -0.25) is 4.68 Å². The van der Waals surface area contributed by atoms with Crippen LogP contribution < -0.4 is 4.74 Å². The molecule has 0 saturated carbocycles. The van der Waals surface area contributed by atoms with E-state index >= 15 is 0 Å². The average molecular weight is 309 g/mol. The maximum Gasteiger partial charge on any atom is 0.132 e. The van der Waals surface area contributed by atoms with Crippen molar-refractivity contribution in [2.24, 2.45) is 0 Å². The Kier molecular flexibility index (Phi) is 4.42. The van der Waals surface area contributed by atoms with Crippen LogP contribution in [0, 0.1) is 0 Å². The van der Waals surface area contributed by atoms with Crippen molar-refractivity contribution in [2.45, 2.75) is 31.8 Å². The second-order valence-electron chi connectivity index (χ2n) is 4.45. The first kappa shape index (κ1) is 13.1. The lowest BCUT2D eigenvalue weighted by atomic mass is 10.2. The third-order valence-corrected chi connectivity index (χ3v) is 3.30. The molecule has 2 rings (SSSR count). The average Bonchev–Trinajstić information content (AvgIpc) is 2.86. The van der Waals surface area contributed by atoms with Gasteiger partial charge in [0.25, 0.3) is 0 Å². The van der Waals surface area contributed by atoms with Crippen LogP contribution in [0.2, 0.25) is 0 Å². The molecule has 1 aromatic heterocycles. The maximum atomic E-state index is 5.69. The normalized spacial score (nSPS) is 10.9. The van der Waals surface area contributed by atoms with Crippen molar-refractivity contribution in [1.29, 1.82) is 0 Å². The van der Waals surface area contributed by atoms with Gasteiger partial charge < -0.3 is 4.74 Å². The number of alkyl halides is 1. The molecule has 0 aliphatic heterocycles. The van der Waals surface area contributed by atoms with Crippen LogP contribution >= 0.6 is 15.9 Å². The van der Waals surface area contributed by atoms with E-state index in [2.05, 4.69) is 47.0 Å². The Labute approximate surface area is 116 Å². The van der Waals surface area contributed by atoms with Crippen molar-refractivity contribution < 1.29 is 4.74 Å². The van der Waals surface area contributed by atoms with Crippen LogP contribution in [0.15, 0.2) is 36.5 Å². The Morgan fingerprint density at radius 1 is 1.22 bits per heavy atom. The molecule has 0 atom stereocenters. The summed E-state index contributed by atoms with van der Waals surface area (Å²) < 4.78 is 7.63. The van der Waals surface area contributed by atoms with Gasteiger partial charge in [0, 0.05) is 17.6 Å². The van der Waals surface area contributed by atoms with Gasteiger partial charge in [0.1, 0.15) is 12.4 Å². The summed E-state index contributed by atoms with van der Waals surface area (Å²) in [6.45, 7) is 4.72. The summed E-state index contributed by atoms with van der Waals surface area (Å²) in [6.07, 6.45) is 1.98. The number of hydrogen-bond acceptors (Lipinski definition) is 2. The summed E-state index contributed by atoms with van der Waals surface area (Å²) in [4.78, 5) is 0. The summed E-state index contributed by atoms with van der Waals surface area (Å²) in [5.41, 5.74) is 2.19. The molecule has 0 aliphatic carbocycles. The molecule has 0 spiro atoms. The molecule has 4 heteroatoms. The molecular formula is C14H17BrN2O. The predicted molar refractivity (Wildman–Crippen MR) is 76.0 cm³/mol. The Morgan fingerprint density at radius 3 is 2.50 bits per heavy atom. The summed E-state index contributed by atoms with van der Waals surface area (Å²) >= 11 is 3.42. The molecule has 0 amide bonds. The highest BCUT2D eigenvalue weighted by molar-refractivity contribution is 9.08. The largest absolute Gasteiger partial charge is 0.487 e. The van der Waals surface area contributed by atoms with Crippen molar-refractivity contribution in [2.75, 3.05) is 0 Å². The van der Waals surface area contributed by atoms with Gasteiger partial charge in [-0.2, -0.15) is 5.10 Å². The highest BCUT2D eigenvalue weighted by Crippen LogP contribution is 2.15. The molecule has 0 fully saturated rings. The lowest BCUT2D eigenvalue weighted by molar-refractivity contribution is 0.298. The lowest BCUT2D eigenvalue weighted by Gasteiger charge is -2.06. The monoisotopic (exact) mass is 308 g/mol. The molecule has 1 heterocycles. The predicted octanol–water partition coefficient (Wildman–Crippen LogP) is 3.94. The highest BCUT2D eigenvalue weighted by atomic mass is 79.9. The Hall–Kier alpha value is -1.29. The highest BCUT2D eigenvalue weighted by Gasteiger charge is 2.02. The van der Waals surface area contributed by atoms with Gasteiger partial charge in [0.15, 0.2) is 0 Å². The fourth-order valence-corrected chi connectivity index (χ4v) is 1.95. The van der Waals surface area contributed by atoms with E-state index < -0.39 is 0 Å². The minimum atomic E-state index is 0.386. The van der Waals surface area contributed by atoms with Crippen LogP contribution in [0.4, 0.5) is 0 Å². The van der Waals surface area contributed by atoms with E-state index in [0.29, 0.717) is 12.6 Å². The molecule has 0 radical (unpaired) electrons. The molecular weight excluding hydrogens is 292 g/mol. The van der Waals surface area contributed by atoms with E-state index in [1.807, 2.05) is 29.1 Å². The molecule has 0 aliphatic rings. The van der Waals surface area contributed by atoms with E-state index in [1.165, 1.54) is 5.56 Å². The number of hydrogen-bond donors (Lipinski definition) is 0. The van der Waals surface area contributed by atoms with Crippen LogP contribution in [0.1, 0.15) is 31.1 Å². The second kappa shape index (κ2) is 6.05. The molecule has 3 nitrogen and oxygen atoms in total. The fourth-order valence-electron chi connectivity index (χ4n) is 1.57. The minimum Gasteiger partial charge on any atom is -0.487 e. The van der Waals surface area contributed by atoms with Gasteiger partial charge in [-0.05, 0) is 37.6 Å². The molecule has 0 bridgehead atoms. The van der Waals surface area contributed by atoms with Crippen LogP contribution in [-0.2, 0) is 11.9 Å². The van der Waals surface area contributed by atoms with Gasteiger partial charge in [-0.15, -0.1) is 0 Å². The van der Waals surface area contributed by atoms with Crippen molar-refractivity contribution in [3.8, 4) is 5.75 Å². The standard InChI is InChI=1S/C14H17BrN2O/c1-11(2)17-8-7-13(16-17)10-18-14-5-3-12(9-15)4-6-14/h3-8,11H,9-10H2,1-2H3. The number of aromatic nitrogens is 2. The SMILES string of the molecule is CC(C)n1ccc(COc2ccc(CBr)cc2)n1. The van der Waals surface area contributed by atoms with Gasteiger partial charge in [-0.25, -0.2) is 0 Å². The Morgan fingerprint density at radius 2 is 1.94 bits per heavy atom. The van der Waals surface area contributed by atoms with Crippen LogP contribution in [0.3, 0.4) is 0 Å². The number of rotatable bonds is 5. The molecule has 96 valence electrons. The van der Waals surface area contributed by atoms with E-state index in [1.54, 1.807) is 0 Å². The first-order chi connectivity index (χ1) is 8.69. The number of ether oxygens (including phenoxy) is 1. The molecule has 2 aromatic rings. The first-order valence-corrected chi connectivity index (χ1v) is 7.13. The van der Waals surface area contributed by atoms with Gasteiger partial charge in [0.2, 0.25) is 0 Å². The van der Waals surface area contributed by atoms with Gasteiger partial charge in [0.05, 0.1) is 5.69 Å². The topological polar surface area (TPSA) is 27.1 Å². The molecule has 0 unspecified atom stereocenters. The summed E-state index contributed by atoms with van der Waals surface area (Å²) in [5, 5.41) is 5.31. The van der Waals surface area contributed by atoms with Gasteiger partial charge >= 0.3 is 0 Å². The minimum absolute atomic E-state index is 0.386. The van der Waals surface area contributed by atoms with Crippen molar-refractivity contribution in [3.05, 3.63) is 47.8 Å². The van der Waals surface area contributed by atoms with Crippen molar-refractivity contribution >= 4 is 15.9 Å². The summed E-state index contributed by atoms with van der Waals surface area (Å²) in [6, 6.07) is 10.4. The quantitative estimate of drug-likeness (QED) is 0.782. The zero-order chi connectivity index (χ0) is 13.0. The molecule has 0 saturated heterocycles. The van der Waals surface area contributed by atoms with E-state index in [4.69, 9.17) is 4.74 Å². The third-order valence-electron chi connectivity index (χ3n) is 2.66. The molecule has 1 aromatic carbocycles. The van der Waals surface area contributed by atoms with Gasteiger partial charge in [-0.1, -0.05) is 28.1 Å². The first-order valence-electron chi connectivity index (χ1n) is 6.01. The van der Waals surface area contributed by atoms with E-state index in [0.717, 1.165) is 16.8 Å². The van der Waals surface area contributed by atoms with Crippen LogP contribution in [0.5, 0.6) is 5.75 Å². The molecule has 18 heavy (non-hydrogen) atoms. The zero-order valence-electron chi connectivity index (χ0n) is 10.6. The lowest BCUT2D eigenvalue weighted by Crippen LogP contribution is -2.03.